The van der Waals surface area contributed by atoms with Crippen LogP contribution >= 0.6 is 11.8 Å². The van der Waals surface area contributed by atoms with Gasteiger partial charge in [-0.25, -0.2) is 0 Å². The summed E-state index contributed by atoms with van der Waals surface area (Å²) in [5, 5.41) is 12.9. The predicted molar refractivity (Wildman–Crippen MR) is 202 cm³/mol. The highest BCUT2D eigenvalue weighted by Crippen LogP contribution is 2.49. The topological polar surface area (TPSA) is 34.4 Å². The minimum absolute atomic E-state index is 0.651. The zero-order valence-corrected chi connectivity index (χ0v) is 28.3. The summed E-state index contributed by atoms with van der Waals surface area (Å²) in [6.07, 6.45) is 16.9. The van der Waals surface area contributed by atoms with Crippen molar-refractivity contribution in [1.29, 1.82) is 0 Å². The maximum atomic E-state index is 4.56. The van der Waals surface area contributed by atoms with Gasteiger partial charge in [-0.05, 0) is 84.1 Å². The number of nitrogens with zero attached hydrogens (tertiary/aromatic N) is 5. The lowest BCUT2D eigenvalue weighted by molar-refractivity contribution is 0.457. The van der Waals surface area contributed by atoms with Crippen molar-refractivity contribution in [2.24, 2.45) is 16.1 Å². The van der Waals surface area contributed by atoms with Crippen LogP contribution in [0.15, 0.2) is 129 Å². The van der Waals surface area contributed by atoms with E-state index in [1.807, 2.05) is 96.9 Å². The van der Waals surface area contributed by atoms with E-state index >= 15 is 0 Å². The average molecular weight is 628 g/mol. The summed E-state index contributed by atoms with van der Waals surface area (Å²) < 4.78 is 0. The maximum absolute atomic E-state index is 4.56. The van der Waals surface area contributed by atoms with E-state index in [0.717, 1.165) is 29.0 Å². The Kier molecular flexibility index (Phi) is 11.9. The highest BCUT2D eigenvalue weighted by atomic mass is 32.2. The molecule has 1 atom stereocenters. The van der Waals surface area contributed by atoms with Crippen LogP contribution in [0.25, 0.3) is 12.2 Å². The Balaban J connectivity index is 1.36. The van der Waals surface area contributed by atoms with Crippen LogP contribution in [0.1, 0.15) is 50.7 Å². The molecule has 0 saturated heterocycles. The first-order valence-corrected chi connectivity index (χ1v) is 17.1. The van der Waals surface area contributed by atoms with Crippen LogP contribution in [0.5, 0.6) is 0 Å². The lowest BCUT2D eigenvalue weighted by Gasteiger charge is -2.35. The standard InChI is InChI=1S/C40H45N5S/c1-5-7-16-32(6-2)31-45-37-25-23-33(17-14-27-41-43(3)35-19-10-8-11-20-35)29-39(37)46-40-30-34(24-26-38(40)45)18-15-28-42-44(4)36-21-12-9-13-22-36/h8-15,17-30,32H,5-7,16,31H2,1-4H3/b17-14+,18-15+,41-27+,42-28+. The van der Waals surface area contributed by atoms with E-state index in [9.17, 15) is 0 Å². The van der Waals surface area contributed by atoms with Crippen molar-refractivity contribution in [2.75, 3.05) is 35.6 Å². The van der Waals surface area contributed by atoms with Gasteiger partial charge in [0.15, 0.2) is 0 Å². The van der Waals surface area contributed by atoms with Crippen molar-refractivity contribution in [3.63, 3.8) is 0 Å². The lowest BCUT2D eigenvalue weighted by Crippen LogP contribution is -2.27. The molecule has 236 valence electrons. The SMILES string of the molecule is CCCCC(CC)CN1c2ccc(/C=C/C=N/N(C)c3ccccc3)cc2Sc2cc(/C=C/C=N/N(C)c3ccccc3)ccc21. The molecule has 1 aliphatic rings. The Labute approximate surface area is 279 Å². The Morgan fingerprint density at radius 1 is 0.696 bits per heavy atom. The number of hydrogen-bond acceptors (Lipinski definition) is 6. The van der Waals surface area contributed by atoms with Gasteiger partial charge in [-0.1, -0.05) is 106 Å². The Morgan fingerprint density at radius 2 is 1.20 bits per heavy atom. The molecule has 0 fully saturated rings. The maximum Gasteiger partial charge on any atom is 0.0590 e. The largest absolute Gasteiger partial charge is 0.339 e. The zero-order chi connectivity index (χ0) is 32.1. The summed E-state index contributed by atoms with van der Waals surface area (Å²) in [6.45, 7) is 5.64. The van der Waals surface area contributed by atoms with E-state index < -0.39 is 0 Å². The second-order valence-corrected chi connectivity index (χ2v) is 12.6. The summed E-state index contributed by atoms with van der Waals surface area (Å²) >= 11 is 1.86. The molecule has 1 heterocycles. The summed E-state index contributed by atoms with van der Waals surface area (Å²) in [7, 11) is 3.93. The quantitative estimate of drug-likeness (QED) is 0.103. The second kappa shape index (κ2) is 16.7. The first-order chi connectivity index (χ1) is 22.6. The Bertz CT molecular complexity index is 1550. The fourth-order valence-corrected chi connectivity index (χ4v) is 6.70. The Morgan fingerprint density at radius 3 is 1.65 bits per heavy atom. The first-order valence-electron chi connectivity index (χ1n) is 16.3. The molecular weight excluding hydrogens is 583 g/mol. The minimum Gasteiger partial charge on any atom is -0.339 e. The van der Waals surface area contributed by atoms with Crippen LogP contribution < -0.4 is 14.9 Å². The van der Waals surface area contributed by atoms with E-state index in [4.69, 9.17) is 0 Å². The van der Waals surface area contributed by atoms with E-state index in [2.05, 4.69) is 102 Å². The normalized spacial score (nSPS) is 13.5. The smallest absolute Gasteiger partial charge is 0.0590 e. The summed E-state index contributed by atoms with van der Waals surface area (Å²) in [6, 6.07) is 34.0. The molecular formula is C40H45N5S. The van der Waals surface area contributed by atoms with E-state index in [-0.39, 0.29) is 0 Å². The van der Waals surface area contributed by atoms with Crippen LogP contribution in [0.4, 0.5) is 22.7 Å². The predicted octanol–water partition coefficient (Wildman–Crippen LogP) is 10.8. The molecule has 1 unspecified atom stereocenters. The summed E-state index contributed by atoms with van der Waals surface area (Å²) in [5.74, 6) is 0.651. The van der Waals surface area contributed by atoms with Gasteiger partial charge in [-0.2, -0.15) is 10.2 Å². The summed E-state index contributed by atoms with van der Waals surface area (Å²) in [4.78, 5) is 5.12. The number of unbranched alkanes of at least 4 members (excludes halogenated alkanes) is 1. The van der Waals surface area contributed by atoms with Crippen molar-refractivity contribution < 1.29 is 0 Å². The fourth-order valence-electron chi connectivity index (χ4n) is 5.50. The van der Waals surface area contributed by atoms with E-state index in [0.29, 0.717) is 5.92 Å². The van der Waals surface area contributed by atoms with Crippen molar-refractivity contribution in [1.82, 2.24) is 0 Å². The molecule has 0 radical (unpaired) electrons. The molecule has 5 rings (SSSR count). The molecule has 0 aromatic heterocycles. The number of benzene rings is 4. The molecule has 6 heteroatoms. The monoisotopic (exact) mass is 627 g/mol. The zero-order valence-electron chi connectivity index (χ0n) is 27.5. The van der Waals surface area contributed by atoms with Gasteiger partial charge < -0.3 is 4.90 Å². The molecule has 0 saturated carbocycles. The summed E-state index contributed by atoms with van der Waals surface area (Å²) in [5.41, 5.74) is 7.03. The number of hydrazone groups is 2. The number of rotatable bonds is 14. The highest BCUT2D eigenvalue weighted by molar-refractivity contribution is 7.99. The average Bonchev–Trinajstić information content (AvgIpc) is 3.10. The third kappa shape index (κ3) is 8.79. The first kappa shape index (κ1) is 32.8. The van der Waals surface area contributed by atoms with E-state index in [1.54, 1.807) is 0 Å². The van der Waals surface area contributed by atoms with Gasteiger partial charge in [0.2, 0.25) is 0 Å². The molecule has 4 aromatic carbocycles. The molecule has 0 spiro atoms. The fraction of sp³-hybridized carbons (Fsp3) is 0.250. The van der Waals surface area contributed by atoms with Gasteiger partial charge in [0.25, 0.3) is 0 Å². The van der Waals surface area contributed by atoms with Crippen LogP contribution in [0.3, 0.4) is 0 Å². The number of hydrogen-bond donors (Lipinski definition) is 0. The third-order valence-electron chi connectivity index (χ3n) is 8.24. The van der Waals surface area contributed by atoms with Crippen LogP contribution in [0.2, 0.25) is 0 Å². The third-order valence-corrected chi connectivity index (χ3v) is 9.34. The van der Waals surface area contributed by atoms with Crippen molar-refractivity contribution in [3.05, 3.63) is 120 Å². The van der Waals surface area contributed by atoms with E-state index in [1.165, 1.54) is 46.8 Å². The number of para-hydroxylation sites is 2. The van der Waals surface area contributed by atoms with Gasteiger partial charge >= 0.3 is 0 Å². The molecule has 5 nitrogen and oxygen atoms in total. The second-order valence-electron chi connectivity index (χ2n) is 11.5. The van der Waals surface area contributed by atoms with Gasteiger partial charge in [0, 0.05) is 42.9 Å². The van der Waals surface area contributed by atoms with Gasteiger partial charge in [0.05, 0.1) is 22.7 Å². The molecule has 46 heavy (non-hydrogen) atoms. The highest BCUT2D eigenvalue weighted by Gasteiger charge is 2.25. The molecule has 1 aliphatic heterocycles. The van der Waals surface area contributed by atoms with Gasteiger partial charge in [-0.15, -0.1) is 0 Å². The van der Waals surface area contributed by atoms with Crippen molar-refractivity contribution >= 4 is 59.1 Å². The van der Waals surface area contributed by atoms with Gasteiger partial charge in [-0.3, -0.25) is 10.0 Å². The molecule has 0 aliphatic carbocycles. The lowest BCUT2D eigenvalue weighted by atomic mass is 9.97. The number of fused-ring (bicyclic) bond motifs is 2. The van der Waals surface area contributed by atoms with Gasteiger partial charge in [0.1, 0.15) is 0 Å². The van der Waals surface area contributed by atoms with Crippen LogP contribution in [-0.4, -0.2) is 33.1 Å². The van der Waals surface area contributed by atoms with Crippen LogP contribution in [0, 0.1) is 5.92 Å². The Hall–Kier alpha value is -4.55. The molecule has 4 aromatic rings. The molecule has 0 bridgehead atoms. The van der Waals surface area contributed by atoms with Crippen LogP contribution in [-0.2, 0) is 0 Å². The molecule has 0 amide bonds. The number of anilines is 4. The number of allylic oxidation sites excluding steroid dienone is 2. The molecule has 0 N–H and O–H groups in total. The van der Waals surface area contributed by atoms with Crippen molar-refractivity contribution in [3.8, 4) is 0 Å². The van der Waals surface area contributed by atoms with Crippen molar-refractivity contribution in [2.45, 2.75) is 49.3 Å². The minimum atomic E-state index is 0.651.